The molecule has 0 fully saturated rings. The van der Waals surface area contributed by atoms with E-state index >= 15 is 0 Å². The minimum atomic E-state index is -1.33. The van der Waals surface area contributed by atoms with Crippen molar-refractivity contribution in [1.29, 1.82) is 0 Å². The topological polar surface area (TPSA) is 40.5 Å². The zero-order valence-electron chi connectivity index (χ0n) is 4.03. The zero-order valence-corrected chi connectivity index (χ0v) is 4.85. The van der Waals surface area contributed by atoms with Gasteiger partial charge in [0, 0.05) is 0 Å². The second kappa shape index (κ2) is 2.33. The molecule has 1 aliphatic rings. The van der Waals surface area contributed by atoms with Crippen LogP contribution in [-0.4, -0.2) is 17.2 Å². The van der Waals surface area contributed by atoms with E-state index in [0.717, 1.165) is 0 Å². The minimum absolute atomic E-state index is 0.532. The molecule has 1 rings (SSSR count). The van der Waals surface area contributed by atoms with Crippen molar-refractivity contribution in [3.63, 3.8) is 0 Å². The summed E-state index contributed by atoms with van der Waals surface area (Å²) in [6.07, 6.45) is 3.27. The van der Waals surface area contributed by atoms with Gasteiger partial charge in [-0.2, -0.15) is 0 Å². The van der Waals surface area contributed by atoms with Gasteiger partial charge in [0.25, 0.3) is 0 Å². The summed E-state index contributed by atoms with van der Waals surface area (Å²) in [6.45, 7) is 0. The lowest BCUT2D eigenvalue weighted by molar-refractivity contribution is 0.423. The van der Waals surface area contributed by atoms with Crippen LogP contribution in [-0.2, 0) is 0 Å². The highest BCUT2D eigenvalue weighted by Crippen LogP contribution is 2.21. The first-order chi connectivity index (χ1) is 3.80. The molecule has 0 atom stereocenters. The molecule has 0 unspecified atom stereocenters. The van der Waals surface area contributed by atoms with Gasteiger partial charge in [0.2, 0.25) is 0 Å². The molecule has 0 saturated heterocycles. The van der Waals surface area contributed by atoms with Gasteiger partial charge in [-0.05, 0) is 0 Å². The van der Waals surface area contributed by atoms with E-state index < -0.39 is 7.12 Å². The maximum atomic E-state index is 8.46. The van der Waals surface area contributed by atoms with Gasteiger partial charge in [-0.1, -0.05) is 0 Å². The predicted octanol–water partition coefficient (Wildman–Crippen LogP) is -0.0540. The van der Waals surface area contributed by atoms with Crippen LogP contribution in [0.2, 0.25) is 0 Å². The molecule has 2 nitrogen and oxygen atoms in total. The Morgan fingerprint density at radius 2 is 2.38 bits per heavy atom. The predicted molar refractivity (Wildman–Crippen MR) is 33.7 cm³/mol. The summed E-state index contributed by atoms with van der Waals surface area (Å²) in [6, 6.07) is 0. The van der Waals surface area contributed by atoms with E-state index in [0.29, 0.717) is 4.80 Å². The van der Waals surface area contributed by atoms with E-state index in [1.807, 2.05) is 0 Å². The maximum Gasteiger partial charge on any atom is 0.520 e. The molecular weight excluding hydrogens is 123 g/mol. The van der Waals surface area contributed by atoms with Gasteiger partial charge in [0.1, 0.15) is 10.2 Å². The SMILES string of the molecule is OB(O)C1=CC=[C+]S1. The summed E-state index contributed by atoms with van der Waals surface area (Å²) >= 11 is 1.21. The molecule has 40 valence electrons. The smallest absolute Gasteiger partial charge is 0.422 e. The molecule has 0 aromatic carbocycles. The Labute approximate surface area is 52.1 Å². The summed E-state index contributed by atoms with van der Waals surface area (Å²) in [7, 11) is -1.33. The Bertz CT molecular complexity index is 141. The van der Waals surface area contributed by atoms with Crippen molar-refractivity contribution in [3.8, 4) is 0 Å². The summed E-state index contributed by atoms with van der Waals surface area (Å²) in [5.41, 5.74) is 0. The Balaban J connectivity index is 2.51. The highest BCUT2D eigenvalue weighted by atomic mass is 32.2. The van der Waals surface area contributed by atoms with Crippen molar-refractivity contribution in [3.05, 3.63) is 22.4 Å². The molecule has 1 aliphatic heterocycles. The number of rotatable bonds is 1. The van der Waals surface area contributed by atoms with Crippen molar-refractivity contribution in [2.45, 2.75) is 0 Å². The molecule has 0 aliphatic carbocycles. The fourth-order valence-corrected chi connectivity index (χ4v) is 0.905. The number of hydrogen-bond acceptors (Lipinski definition) is 3. The molecule has 0 aromatic heterocycles. The molecule has 0 aromatic rings. The van der Waals surface area contributed by atoms with Gasteiger partial charge in [-0.15, -0.1) is 0 Å². The standard InChI is InChI=1S/C4H4BO2S/c6-5(7)4-2-1-3-8-4/h1-2,6-7H/q+1. The summed E-state index contributed by atoms with van der Waals surface area (Å²) in [5, 5.41) is 19.6. The lowest BCUT2D eigenvalue weighted by Gasteiger charge is -1.85. The van der Waals surface area contributed by atoms with Gasteiger partial charge < -0.3 is 10.0 Å². The third-order valence-corrected chi connectivity index (χ3v) is 1.58. The number of hydrogen-bond donors (Lipinski definition) is 2. The van der Waals surface area contributed by atoms with Crippen LogP contribution in [0.1, 0.15) is 0 Å². The molecule has 2 N–H and O–H groups in total. The highest BCUT2D eigenvalue weighted by Gasteiger charge is 2.24. The number of allylic oxidation sites excluding steroid dienone is 2. The molecule has 0 saturated carbocycles. The van der Waals surface area contributed by atoms with Crippen LogP contribution >= 0.6 is 11.8 Å². The first-order valence-electron chi connectivity index (χ1n) is 2.12. The van der Waals surface area contributed by atoms with Crippen molar-refractivity contribution in [2.24, 2.45) is 0 Å². The van der Waals surface area contributed by atoms with E-state index in [9.17, 15) is 0 Å². The van der Waals surface area contributed by atoms with Crippen LogP contribution < -0.4 is 0 Å². The fraction of sp³-hybridized carbons (Fsp3) is 0. The van der Waals surface area contributed by atoms with Crippen LogP contribution in [0.15, 0.2) is 17.0 Å². The van der Waals surface area contributed by atoms with Crippen molar-refractivity contribution in [2.75, 3.05) is 0 Å². The summed E-state index contributed by atoms with van der Waals surface area (Å²) in [5.74, 6) is 0. The summed E-state index contributed by atoms with van der Waals surface area (Å²) in [4.78, 5) is 0.532. The van der Waals surface area contributed by atoms with E-state index in [2.05, 4.69) is 5.41 Å². The highest BCUT2D eigenvalue weighted by molar-refractivity contribution is 8.06. The largest absolute Gasteiger partial charge is 0.520 e. The molecule has 0 amide bonds. The van der Waals surface area contributed by atoms with Crippen molar-refractivity contribution in [1.82, 2.24) is 0 Å². The molecule has 8 heavy (non-hydrogen) atoms. The summed E-state index contributed by atoms with van der Waals surface area (Å²) < 4.78 is 0. The Hall–Kier alpha value is -0.275. The van der Waals surface area contributed by atoms with E-state index in [4.69, 9.17) is 10.0 Å². The van der Waals surface area contributed by atoms with Crippen LogP contribution in [0.3, 0.4) is 0 Å². The van der Waals surface area contributed by atoms with Crippen LogP contribution in [0.5, 0.6) is 0 Å². The lowest BCUT2D eigenvalue weighted by Crippen LogP contribution is -2.11. The molecule has 0 radical (unpaired) electrons. The third-order valence-electron chi connectivity index (χ3n) is 0.747. The van der Waals surface area contributed by atoms with Gasteiger partial charge in [0.15, 0.2) is 6.08 Å². The maximum absolute atomic E-state index is 8.46. The molecule has 0 spiro atoms. The Morgan fingerprint density at radius 1 is 1.62 bits per heavy atom. The monoisotopic (exact) mass is 127 g/mol. The Kier molecular flexibility index (Phi) is 1.71. The van der Waals surface area contributed by atoms with Gasteiger partial charge >= 0.3 is 7.12 Å². The fourth-order valence-electron chi connectivity index (χ4n) is 0.391. The van der Waals surface area contributed by atoms with Crippen LogP contribution in [0.25, 0.3) is 0 Å². The second-order valence-corrected chi connectivity index (χ2v) is 2.24. The first-order valence-corrected chi connectivity index (χ1v) is 2.94. The van der Waals surface area contributed by atoms with Gasteiger partial charge in [-0.3, -0.25) is 0 Å². The second-order valence-electron chi connectivity index (χ2n) is 1.33. The van der Waals surface area contributed by atoms with Gasteiger partial charge in [-0.25, -0.2) is 0 Å². The molecule has 0 bridgehead atoms. The molecule has 4 heteroatoms. The average Bonchev–Trinajstić information content (AvgIpc) is 2.12. The van der Waals surface area contributed by atoms with E-state index in [-0.39, 0.29) is 0 Å². The minimum Gasteiger partial charge on any atom is -0.422 e. The average molecular weight is 127 g/mol. The van der Waals surface area contributed by atoms with Crippen molar-refractivity contribution >= 4 is 18.9 Å². The zero-order chi connectivity index (χ0) is 5.98. The number of thioether (sulfide) groups is 1. The van der Waals surface area contributed by atoms with E-state index in [1.165, 1.54) is 11.8 Å². The van der Waals surface area contributed by atoms with Crippen LogP contribution in [0, 0.1) is 5.41 Å². The van der Waals surface area contributed by atoms with Crippen LogP contribution in [0.4, 0.5) is 0 Å². The normalized spacial score (nSPS) is 15.5. The molecule has 1 heterocycles. The Morgan fingerprint density at radius 3 is 2.62 bits per heavy atom. The lowest BCUT2D eigenvalue weighted by atomic mass is 9.91. The first kappa shape index (κ1) is 5.85. The van der Waals surface area contributed by atoms with Crippen molar-refractivity contribution < 1.29 is 10.0 Å². The van der Waals surface area contributed by atoms with Gasteiger partial charge in [0.05, 0.1) is 17.8 Å². The quantitative estimate of drug-likeness (QED) is 0.383. The van der Waals surface area contributed by atoms with E-state index in [1.54, 1.807) is 12.2 Å². The third kappa shape index (κ3) is 1.11. The molecular formula is C4H4BO2S+.